The van der Waals surface area contributed by atoms with E-state index < -0.39 is 26.7 Å². The molecule has 11 heteroatoms. The molecule has 0 rings (SSSR count). The summed E-state index contributed by atoms with van der Waals surface area (Å²) in [5, 5.41) is 0. The van der Waals surface area contributed by atoms with Crippen LogP contribution in [0.15, 0.2) is 0 Å². The van der Waals surface area contributed by atoms with Gasteiger partial charge >= 0.3 is 57.4 Å². The first-order valence-electron chi connectivity index (χ1n) is 1.38. The van der Waals surface area contributed by atoms with E-state index in [2.05, 4.69) is 0 Å². The molecule has 0 aromatic heterocycles. The zero-order valence-electron chi connectivity index (χ0n) is 5.71. The van der Waals surface area contributed by atoms with Crippen LogP contribution < -0.4 is 37.7 Å². The van der Waals surface area contributed by atoms with Crippen molar-refractivity contribution < 1.29 is 62.3 Å². The molecular weight excluding hydrogens is 211 g/mol. The van der Waals surface area contributed by atoms with Crippen molar-refractivity contribution in [3.05, 3.63) is 0 Å². The van der Waals surface area contributed by atoms with Gasteiger partial charge in [-0.1, -0.05) is 0 Å². The summed E-state index contributed by atoms with van der Waals surface area (Å²) in [6, 6.07) is 0. The Labute approximate surface area is 88.6 Å². The summed E-state index contributed by atoms with van der Waals surface area (Å²) in [6.45, 7) is -2.34. The molecule has 0 bridgehead atoms. The summed E-state index contributed by atoms with van der Waals surface area (Å²) in [5.41, 5.74) is 0. The topological polar surface area (TPSA) is 68.3 Å². The predicted octanol–water partition coefficient (Wildman–Crippen LogP) is -5.90. The first kappa shape index (κ1) is 18.2. The third-order valence-electron chi connectivity index (χ3n) is 0.199. The minimum absolute atomic E-state index is 0. The van der Waals surface area contributed by atoms with Crippen LogP contribution >= 0.6 is 6.98 Å². The Bertz CT molecular complexity index is 249. The van der Waals surface area contributed by atoms with E-state index in [0.717, 1.165) is 0 Å². The third-order valence-corrected chi connectivity index (χ3v) is 5.38. The first-order chi connectivity index (χ1) is 3.71. The van der Waals surface area contributed by atoms with Gasteiger partial charge in [0.25, 0.3) is 0 Å². The molecule has 0 atom stereocenters. The van der Waals surface area contributed by atoms with E-state index in [4.69, 9.17) is 0 Å². The van der Waals surface area contributed by atoms with Crippen molar-refractivity contribution in [2.75, 3.05) is 0 Å². The maximum atomic E-state index is 11.3. The molecule has 0 aliphatic carbocycles. The van der Waals surface area contributed by atoms with Crippen molar-refractivity contribution in [3.63, 3.8) is 0 Å². The van der Waals surface area contributed by atoms with Crippen molar-refractivity contribution >= 4 is 26.7 Å². The average Bonchev–Trinajstić information content (AvgIpc) is 1.14. The van der Waals surface area contributed by atoms with Crippen LogP contribution in [0.4, 0.5) is 7.77 Å². The van der Waals surface area contributed by atoms with Crippen molar-refractivity contribution in [3.8, 4) is 0 Å². The average molecular weight is 212 g/mol. The number of hydrogen-bond acceptors (Lipinski definition) is 4. The first-order valence-corrected chi connectivity index (χ1v) is 6.60. The normalized spacial score (nSPS) is 11.1. The quantitative estimate of drug-likeness (QED) is 0.259. The van der Waals surface area contributed by atoms with Crippen LogP contribution in [0.2, 0.25) is 0 Å². The second-order valence-corrected chi connectivity index (χ2v) is 7.80. The minimum atomic E-state index is -5.22. The smallest absolute Gasteiger partial charge is 0.190 e. The van der Waals surface area contributed by atoms with Crippen LogP contribution in [-0.2, 0) is 19.7 Å². The van der Waals surface area contributed by atoms with Gasteiger partial charge in [0.2, 0.25) is 0 Å². The van der Waals surface area contributed by atoms with Gasteiger partial charge in [0.15, 0.2) is 6.98 Å². The molecule has 0 N–H and O–H groups in total. The van der Waals surface area contributed by atoms with E-state index >= 15 is 0 Å². The van der Waals surface area contributed by atoms with E-state index in [1.165, 1.54) is 0 Å². The van der Waals surface area contributed by atoms with E-state index in [9.17, 15) is 24.6 Å². The summed E-state index contributed by atoms with van der Waals surface area (Å²) in [6.07, 6.45) is 0. The Morgan fingerprint density at radius 2 is 1.00 bits per heavy atom. The number of rotatable bonds is 2. The number of halogens is 2. The molecule has 0 radical (unpaired) electrons. The van der Waals surface area contributed by atoms with Crippen LogP contribution in [0.5, 0.6) is 0 Å². The van der Waals surface area contributed by atoms with Crippen molar-refractivity contribution in [1.82, 2.24) is 0 Å². The summed E-state index contributed by atoms with van der Waals surface area (Å²) in [4.78, 5) is 0. The second kappa shape index (κ2) is 5.93. The van der Waals surface area contributed by atoms with Gasteiger partial charge in [-0.15, -0.1) is 7.77 Å². The monoisotopic (exact) mass is 212 g/mol. The van der Waals surface area contributed by atoms with E-state index in [1.54, 1.807) is 0 Å². The predicted molar refractivity (Wildman–Crippen MR) is 28.4 cm³/mol. The minimum Gasteiger partial charge on any atom is -0.190 e. The molecule has 0 aromatic rings. The fourth-order valence-corrected chi connectivity index (χ4v) is 3.21. The van der Waals surface area contributed by atoms with Gasteiger partial charge in [0.1, 0.15) is 0 Å². The van der Waals surface area contributed by atoms with Crippen molar-refractivity contribution in [2.24, 2.45) is 0 Å². The zero-order valence-corrected chi connectivity index (χ0v) is 8.34. The summed E-state index contributed by atoms with van der Waals surface area (Å²) in [5.74, 6) is 0. The Morgan fingerprint density at radius 1 is 0.818 bits per heavy atom. The van der Waals surface area contributed by atoms with E-state index in [-0.39, 0.29) is 37.7 Å². The van der Waals surface area contributed by atoms with Gasteiger partial charge in [-0.2, -0.15) is 16.8 Å². The summed E-state index contributed by atoms with van der Waals surface area (Å²) in [7, 11) is -10.4. The summed E-state index contributed by atoms with van der Waals surface area (Å²) >= 11 is 0. The van der Waals surface area contributed by atoms with Gasteiger partial charge in [0.05, 0.1) is 0 Å². The molecule has 0 spiro atoms. The molecule has 0 saturated carbocycles. The SMILES string of the molecule is O=S(=O)(F)PS(=O)(=O)F.[Li+].[Li+]. The van der Waals surface area contributed by atoms with Gasteiger partial charge in [0, 0.05) is 0 Å². The standard InChI is InChI=1S/F2HO4PS2.2Li/c1-8(3,4)7-9(2,5)6;;/h7H;;/q;2*+1. The maximum Gasteiger partial charge on any atom is 1.00 e. The molecular formula is HF2Li2O4PS2+2. The number of hydrogen-bond donors (Lipinski definition) is 0. The van der Waals surface area contributed by atoms with Crippen LogP contribution in [0.25, 0.3) is 0 Å². The third kappa shape index (κ3) is 18.4. The Hall–Kier alpha value is 1.38. The molecule has 0 amide bonds. The van der Waals surface area contributed by atoms with Crippen molar-refractivity contribution in [2.45, 2.75) is 0 Å². The fourth-order valence-electron chi connectivity index (χ4n) is 0.119. The maximum absolute atomic E-state index is 11.3. The van der Waals surface area contributed by atoms with Gasteiger partial charge in [-0.25, -0.2) is 0 Å². The molecule has 0 fully saturated rings. The molecule has 0 unspecified atom stereocenters. The molecule has 4 nitrogen and oxygen atoms in total. The molecule has 0 aliphatic rings. The van der Waals surface area contributed by atoms with Crippen LogP contribution in [0.1, 0.15) is 0 Å². The van der Waals surface area contributed by atoms with Gasteiger partial charge in [-0.3, -0.25) is 0 Å². The molecule has 0 aliphatic heterocycles. The van der Waals surface area contributed by atoms with E-state index in [1.807, 2.05) is 0 Å². The van der Waals surface area contributed by atoms with E-state index in [0.29, 0.717) is 0 Å². The largest absolute Gasteiger partial charge is 1.00 e. The van der Waals surface area contributed by atoms with Crippen molar-refractivity contribution in [1.29, 1.82) is 0 Å². The molecule has 0 heterocycles. The molecule has 56 valence electrons. The van der Waals surface area contributed by atoms with Crippen LogP contribution in [0.3, 0.4) is 0 Å². The Morgan fingerprint density at radius 3 is 1.00 bits per heavy atom. The Balaban J connectivity index is -0.000000320. The molecule has 0 aromatic carbocycles. The molecule has 11 heavy (non-hydrogen) atoms. The zero-order chi connectivity index (χ0) is 7.71. The van der Waals surface area contributed by atoms with Gasteiger partial charge < -0.3 is 0 Å². The van der Waals surface area contributed by atoms with Gasteiger partial charge in [-0.05, 0) is 0 Å². The van der Waals surface area contributed by atoms with Crippen LogP contribution in [0, 0.1) is 0 Å². The summed E-state index contributed by atoms with van der Waals surface area (Å²) < 4.78 is 60.0. The Kier molecular flexibility index (Phi) is 9.83. The van der Waals surface area contributed by atoms with Crippen LogP contribution in [-0.4, -0.2) is 16.8 Å². The second-order valence-electron chi connectivity index (χ2n) is 0.959. The molecule has 0 saturated heterocycles. The fraction of sp³-hybridized carbons (Fsp3) is 0.